The highest BCUT2D eigenvalue weighted by atomic mass is 16.5. The Morgan fingerprint density at radius 3 is 2.50 bits per heavy atom. The van der Waals surface area contributed by atoms with Crippen LogP contribution in [0, 0.1) is 5.92 Å². The van der Waals surface area contributed by atoms with Crippen LogP contribution in [0.4, 0.5) is 0 Å². The molecule has 5 nitrogen and oxygen atoms in total. The van der Waals surface area contributed by atoms with E-state index in [1.54, 1.807) is 6.08 Å². The summed E-state index contributed by atoms with van der Waals surface area (Å²) < 4.78 is 5.54. The Hall–Kier alpha value is -2.30. The van der Waals surface area contributed by atoms with Crippen molar-refractivity contribution in [2.45, 2.75) is 32.6 Å². The fourth-order valence-corrected chi connectivity index (χ4v) is 2.81. The normalized spacial score (nSPS) is 15.6. The zero-order chi connectivity index (χ0) is 17.4. The van der Waals surface area contributed by atoms with Crippen molar-refractivity contribution in [2.75, 3.05) is 19.7 Å². The monoisotopic (exact) mass is 330 g/mol. The Kier molecular flexibility index (Phi) is 6.85. The first-order valence-corrected chi connectivity index (χ1v) is 8.56. The number of ether oxygens (including phenoxy) is 1. The lowest BCUT2D eigenvalue weighted by Gasteiger charge is -2.30. The Morgan fingerprint density at radius 1 is 1.25 bits per heavy atom. The van der Waals surface area contributed by atoms with E-state index in [0.717, 1.165) is 30.6 Å². The highest BCUT2D eigenvalue weighted by Gasteiger charge is 2.22. The van der Waals surface area contributed by atoms with E-state index in [1.807, 2.05) is 35.2 Å². The molecule has 1 fully saturated rings. The first-order chi connectivity index (χ1) is 11.6. The third kappa shape index (κ3) is 5.72. The topological polar surface area (TPSA) is 72.6 Å². The molecule has 2 rings (SSSR count). The van der Waals surface area contributed by atoms with Crippen LogP contribution < -0.4 is 10.5 Å². The Labute approximate surface area is 143 Å². The van der Waals surface area contributed by atoms with E-state index >= 15 is 0 Å². The van der Waals surface area contributed by atoms with Crippen LogP contribution in [0.1, 0.15) is 38.2 Å². The second-order valence-electron chi connectivity index (χ2n) is 6.19. The van der Waals surface area contributed by atoms with E-state index in [-0.39, 0.29) is 11.8 Å². The lowest BCUT2D eigenvalue weighted by Crippen LogP contribution is -2.38. The molecule has 1 aromatic carbocycles. The molecule has 2 N–H and O–H groups in total. The summed E-state index contributed by atoms with van der Waals surface area (Å²) >= 11 is 0. The maximum atomic E-state index is 12.2. The Bertz CT molecular complexity index is 573. The summed E-state index contributed by atoms with van der Waals surface area (Å²) in [5.41, 5.74) is 6.20. The van der Waals surface area contributed by atoms with Gasteiger partial charge in [-0.1, -0.05) is 19.1 Å². The van der Waals surface area contributed by atoms with Gasteiger partial charge in [0.05, 0.1) is 6.61 Å². The van der Waals surface area contributed by atoms with Crippen molar-refractivity contribution in [1.29, 1.82) is 0 Å². The molecule has 0 unspecified atom stereocenters. The van der Waals surface area contributed by atoms with Gasteiger partial charge in [-0.3, -0.25) is 9.59 Å². The number of amides is 2. The summed E-state index contributed by atoms with van der Waals surface area (Å²) in [5.74, 6) is 0.910. The van der Waals surface area contributed by atoms with Crippen LogP contribution in [0.3, 0.4) is 0 Å². The number of hydrogen-bond donors (Lipinski definition) is 1. The quantitative estimate of drug-likeness (QED) is 0.781. The maximum Gasteiger partial charge on any atom is 0.246 e. The molecule has 0 bridgehead atoms. The van der Waals surface area contributed by atoms with Gasteiger partial charge < -0.3 is 15.4 Å². The summed E-state index contributed by atoms with van der Waals surface area (Å²) in [6.07, 6.45) is 6.51. The van der Waals surface area contributed by atoms with E-state index in [2.05, 4.69) is 6.92 Å². The largest absolute Gasteiger partial charge is 0.494 e. The molecule has 24 heavy (non-hydrogen) atoms. The minimum atomic E-state index is -0.258. The van der Waals surface area contributed by atoms with Crippen LogP contribution in [0.5, 0.6) is 5.75 Å². The lowest BCUT2D eigenvalue weighted by molar-refractivity contribution is -0.127. The molecule has 0 saturated carbocycles. The third-order valence-corrected chi connectivity index (χ3v) is 4.19. The number of benzene rings is 1. The predicted octanol–water partition coefficient (Wildman–Crippen LogP) is 2.60. The van der Waals surface area contributed by atoms with Crippen molar-refractivity contribution < 1.29 is 14.3 Å². The molecule has 0 aromatic heterocycles. The molecule has 2 amide bonds. The van der Waals surface area contributed by atoms with Crippen molar-refractivity contribution >= 4 is 17.9 Å². The molecule has 1 aromatic rings. The second kappa shape index (κ2) is 9.11. The standard InChI is InChI=1S/C19H26N2O3/c1-2-13-24-17-6-3-15(4-7-17)5-8-19(23)21-11-9-16(10-12-21)14-18(20)22/h3-8,16H,2,9-14H2,1H3,(H2,20,22)/b8-5-. The number of carbonyl (C=O) groups excluding carboxylic acids is 2. The zero-order valence-corrected chi connectivity index (χ0v) is 14.2. The summed E-state index contributed by atoms with van der Waals surface area (Å²) in [4.78, 5) is 25.0. The molecular formula is C19H26N2O3. The first kappa shape index (κ1) is 18.0. The van der Waals surface area contributed by atoms with Gasteiger partial charge >= 0.3 is 0 Å². The maximum absolute atomic E-state index is 12.2. The van der Waals surface area contributed by atoms with Gasteiger partial charge in [0, 0.05) is 25.6 Å². The summed E-state index contributed by atoms with van der Waals surface area (Å²) in [6, 6.07) is 7.70. The molecule has 0 spiro atoms. The van der Waals surface area contributed by atoms with E-state index in [1.165, 1.54) is 0 Å². The van der Waals surface area contributed by atoms with Crippen molar-refractivity contribution in [2.24, 2.45) is 11.7 Å². The highest BCUT2D eigenvalue weighted by Crippen LogP contribution is 2.20. The molecule has 1 aliphatic rings. The molecule has 1 heterocycles. The number of likely N-dealkylation sites (tertiary alicyclic amines) is 1. The number of primary amides is 1. The second-order valence-corrected chi connectivity index (χ2v) is 6.19. The van der Waals surface area contributed by atoms with Gasteiger partial charge in [0.15, 0.2) is 0 Å². The van der Waals surface area contributed by atoms with Crippen LogP contribution in [0.15, 0.2) is 30.3 Å². The molecule has 1 saturated heterocycles. The molecule has 5 heteroatoms. The van der Waals surface area contributed by atoms with Crippen LogP contribution >= 0.6 is 0 Å². The van der Waals surface area contributed by atoms with E-state index in [0.29, 0.717) is 32.0 Å². The van der Waals surface area contributed by atoms with Gasteiger partial charge in [0.2, 0.25) is 11.8 Å². The third-order valence-electron chi connectivity index (χ3n) is 4.19. The van der Waals surface area contributed by atoms with Crippen molar-refractivity contribution in [3.8, 4) is 5.75 Å². The van der Waals surface area contributed by atoms with Crippen LogP contribution in [-0.2, 0) is 9.59 Å². The van der Waals surface area contributed by atoms with E-state index in [4.69, 9.17) is 10.5 Å². The summed E-state index contributed by atoms with van der Waals surface area (Å²) in [6.45, 7) is 4.15. The molecular weight excluding hydrogens is 304 g/mol. The van der Waals surface area contributed by atoms with E-state index < -0.39 is 0 Å². The van der Waals surface area contributed by atoms with E-state index in [9.17, 15) is 9.59 Å². The number of nitrogens with two attached hydrogens (primary N) is 1. The number of hydrogen-bond acceptors (Lipinski definition) is 3. The smallest absolute Gasteiger partial charge is 0.246 e. The number of piperidine rings is 1. The fraction of sp³-hybridized carbons (Fsp3) is 0.474. The minimum Gasteiger partial charge on any atom is -0.494 e. The highest BCUT2D eigenvalue weighted by molar-refractivity contribution is 5.91. The Balaban J connectivity index is 1.81. The first-order valence-electron chi connectivity index (χ1n) is 8.56. The van der Waals surface area contributed by atoms with Crippen LogP contribution in [0.2, 0.25) is 0 Å². The SMILES string of the molecule is CCCOc1ccc(/C=C\C(=O)N2CCC(CC(N)=O)CC2)cc1. The summed E-state index contributed by atoms with van der Waals surface area (Å²) in [7, 11) is 0. The Morgan fingerprint density at radius 2 is 1.92 bits per heavy atom. The minimum absolute atomic E-state index is 0.0128. The summed E-state index contributed by atoms with van der Waals surface area (Å²) in [5, 5.41) is 0. The lowest BCUT2D eigenvalue weighted by atomic mass is 9.93. The fourth-order valence-electron chi connectivity index (χ4n) is 2.81. The predicted molar refractivity (Wildman–Crippen MR) is 94.4 cm³/mol. The van der Waals surface area contributed by atoms with Gasteiger partial charge in [-0.15, -0.1) is 0 Å². The van der Waals surface area contributed by atoms with Gasteiger partial charge in [-0.05, 0) is 49.0 Å². The number of rotatable bonds is 7. The van der Waals surface area contributed by atoms with Crippen molar-refractivity contribution in [3.63, 3.8) is 0 Å². The van der Waals surface area contributed by atoms with Gasteiger partial charge in [-0.2, -0.15) is 0 Å². The van der Waals surface area contributed by atoms with Crippen molar-refractivity contribution in [1.82, 2.24) is 4.90 Å². The molecule has 0 atom stereocenters. The van der Waals surface area contributed by atoms with Gasteiger partial charge in [0.1, 0.15) is 5.75 Å². The number of carbonyl (C=O) groups is 2. The average molecular weight is 330 g/mol. The van der Waals surface area contributed by atoms with Crippen molar-refractivity contribution in [3.05, 3.63) is 35.9 Å². The number of nitrogens with zero attached hydrogens (tertiary/aromatic N) is 1. The van der Waals surface area contributed by atoms with Gasteiger partial charge in [-0.25, -0.2) is 0 Å². The average Bonchev–Trinajstić information content (AvgIpc) is 2.59. The van der Waals surface area contributed by atoms with Gasteiger partial charge in [0.25, 0.3) is 0 Å². The zero-order valence-electron chi connectivity index (χ0n) is 14.2. The molecule has 1 aliphatic heterocycles. The van der Waals surface area contributed by atoms with Crippen LogP contribution in [0.25, 0.3) is 6.08 Å². The van der Waals surface area contributed by atoms with Crippen LogP contribution in [-0.4, -0.2) is 36.4 Å². The molecule has 0 radical (unpaired) electrons. The molecule has 0 aliphatic carbocycles. The molecule has 130 valence electrons.